The number of nitrogens with zero attached hydrogens (tertiary/aromatic N) is 3. The van der Waals surface area contributed by atoms with Gasteiger partial charge in [0.05, 0.1) is 0 Å². The molecular formula is C34H41N3O3. The van der Waals surface area contributed by atoms with E-state index in [2.05, 4.69) is 35.2 Å². The summed E-state index contributed by atoms with van der Waals surface area (Å²) < 4.78 is 5.57. The number of benzene rings is 3. The van der Waals surface area contributed by atoms with Gasteiger partial charge < -0.3 is 19.4 Å². The third-order valence-corrected chi connectivity index (χ3v) is 8.88. The summed E-state index contributed by atoms with van der Waals surface area (Å²) in [4.78, 5) is 32.2. The molecule has 0 radical (unpaired) electrons. The third-order valence-electron chi connectivity index (χ3n) is 8.88. The molecule has 210 valence electrons. The van der Waals surface area contributed by atoms with Gasteiger partial charge >= 0.3 is 6.09 Å². The van der Waals surface area contributed by atoms with Crippen LogP contribution in [0.1, 0.15) is 53.1 Å². The molecular weight excluding hydrogens is 498 g/mol. The van der Waals surface area contributed by atoms with Crippen LogP contribution in [-0.4, -0.2) is 72.5 Å². The number of piperidine rings is 1. The fourth-order valence-electron chi connectivity index (χ4n) is 6.46. The first-order chi connectivity index (χ1) is 19.5. The standard InChI is InChI=1S/C34H41N3O3/c1-35(33(38)28-16-10-5-11-17-28)31-22-29(32(23-31)27-14-8-4-9-15-27)24-37-20-18-30(19-21-37)36(2)34(39)40-25-26-12-6-3-7-13-26/h3-17,29-32H,18-25H2,1-2H3. The summed E-state index contributed by atoms with van der Waals surface area (Å²) in [6.07, 6.45) is 3.61. The molecule has 3 aromatic rings. The Morgan fingerprint density at radius 3 is 2.02 bits per heavy atom. The van der Waals surface area contributed by atoms with E-state index in [9.17, 15) is 9.59 Å². The van der Waals surface area contributed by atoms with Crippen LogP contribution < -0.4 is 0 Å². The zero-order chi connectivity index (χ0) is 27.9. The van der Waals surface area contributed by atoms with Crippen LogP contribution in [0.4, 0.5) is 4.79 Å². The fraction of sp³-hybridized carbons (Fsp3) is 0.412. The summed E-state index contributed by atoms with van der Waals surface area (Å²) >= 11 is 0. The summed E-state index contributed by atoms with van der Waals surface area (Å²) in [5.41, 5.74) is 3.11. The Balaban J connectivity index is 1.17. The Bertz CT molecular complexity index is 1230. The Morgan fingerprint density at radius 2 is 1.38 bits per heavy atom. The zero-order valence-corrected chi connectivity index (χ0v) is 23.7. The smallest absolute Gasteiger partial charge is 0.410 e. The van der Waals surface area contributed by atoms with Gasteiger partial charge in [-0.15, -0.1) is 0 Å². The number of carbonyl (C=O) groups excluding carboxylic acids is 2. The van der Waals surface area contributed by atoms with Crippen molar-refractivity contribution in [3.63, 3.8) is 0 Å². The molecule has 1 aliphatic heterocycles. The fourth-order valence-corrected chi connectivity index (χ4v) is 6.46. The Hall–Kier alpha value is -3.64. The molecule has 5 rings (SSSR count). The van der Waals surface area contributed by atoms with Gasteiger partial charge in [0.25, 0.3) is 5.91 Å². The Kier molecular flexibility index (Phi) is 9.17. The Labute approximate surface area is 238 Å². The molecule has 3 unspecified atom stereocenters. The van der Waals surface area contributed by atoms with Gasteiger partial charge in [-0.2, -0.15) is 0 Å². The van der Waals surface area contributed by atoms with Gasteiger partial charge in [0, 0.05) is 51.4 Å². The van der Waals surface area contributed by atoms with Gasteiger partial charge in [0.2, 0.25) is 0 Å². The molecule has 1 saturated heterocycles. The van der Waals surface area contributed by atoms with E-state index >= 15 is 0 Å². The van der Waals surface area contributed by atoms with E-state index in [1.54, 1.807) is 4.90 Å². The van der Waals surface area contributed by atoms with E-state index in [1.165, 1.54) is 5.56 Å². The number of likely N-dealkylation sites (tertiary alicyclic amines) is 1. The first-order valence-electron chi connectivity index (χ1n) is 14.5. The van der Waals surface area contributed by atoms with Crippen molar-refractivity contribution in [1.82, 2.24) is 14.7 Å². The van der Waals surface area contributed by atoms with E-state index in [4.69, 9.17) is 4.74 Å². The molecule has 2 fully saturated rings. The maximum absolute atomic E-state index is 13.2. The molecule has 1 saturated carbocycles. The molecule has 1 heterocycles. The van der Waals surface area contributed by atoms with Crippen LogP contribution in [0.5, 0.6) is 0 Å². The maximum atomic E-state index is 13.2. The number of hydrogen-bond acceptors (Lipinski definition) is 4. The van der Waals surface area contributed by atoms with E-state index in [0.29, 0.717) is 18.4 Å². The van der Waals surface area contributed by atoms with Crippen molar-refractivity contribution in [2.75, 3.05) is 33.7 Å². The molecule has 0 aromatic heterocycles. The van der Waals surface area contributed by atoms with E-state index < -0.39 is 0 Å². The predicted molar refractivity (Wildman–Crippen MR) is 158 cm³/mol. The van der Waals surface area contributed by atoms with Crippen LogP contribution in [0.3, 0.4) is 0 Å². The lowest BCUT2D eigenvalue weighted by Gasteiger charge is -2.38. The average molecular weight is 540 g/mol. The third kappa shape index (κ3) is 6.73. The molecule has 40 heavy (non-hydrogen) atoms. The van der Waals surface area contributed by atoms with Crippen LogP contribution in [0.15, 0.2) is 91.0 Å². The number of hydrogen-bond donors (Lipinski definition) is 0. The maximum Gasteiger partial charge on any atom is 0.410 e. The van der Waals surface area contributed by atoms with Gasteiger partial charge in [-0.3, -0.25) is 4.79 Å². The van der Waals surface area contributed by atoms with E-state index in [0.717, 1.165) is 56.4 Å². The summed E-state index contributed by atoms with van der Waals surface area (Å²) in [5.74, 6) is 0.996. The molecule has 2 aliphatic rings. The van der Waals surface area contributed by atoms with Gasteiger partial charge in [-0.1, -0.05) is 78.9 Å². The summed E-state index contributed by atoms with van der Waals surface area (Å²) in [5, 5.41) is 0. The summed E-state index contributed by atoms with van der Waals surface area (Å²) in [7, 11) is 3.82. The number of ether oxygens (including phenoxy) is 1. The highest BCUT2D eigenvalue weighted by atomic mass is 16.6. The topological polar surface area (TPSA) is 53.1 Å². The highest BCUT2D eigenvalue weighted by molar-refractivity contribution is 5.94. The van der Waals surface area contributed by atoms with Gasteiger partial charge in [0.15, 0.2) is 0 Å². The van der Waals surface area contributed by atoms with Crippen molar-refractivity contribution >= 4 is 12.0 Å². The van der Waals surface area contributed by atoms with Crippen molar-refractivity contribution in [3.05, 3.63) is 108 Å². The number of carbonyl (C=O) groups is 2. The van der Waals surface area contributed by atoms with Crippen LogP contribution in [0.25, 0.3) is 0 Å². The van der Waals surface area contributed by atoms with Crippen molar-refractivity contribution < 1.29 is 14.3 Å². The summed E-state index contributed by atoms with van der Waals surface area (Å²) in [6, 6.07) is 30.6. The lowest BCUT2D eigenvalue weighted by Crippen LogP contribution is -2.47. The van der Waals surface area contributed by atoms with Crippen LogP contribution >= 0.6 is 0 Å². The van der Waals surface area contributed by atoms with Crippen molar-refractivity contribution in [2.24, 2.45) is 5.92 Å². The monoisotopic (exact) mass is 539 g/mol. The SMILES string of the molecule is CN(C(=O)OCc1ccccc1)C1CCN(CC2CC(N(C)C(=O)c3ccccc3)CC2c2ccccc2)CC1. The minimum absolute atomic E-state index is 0.0982. The van der Waals surface area contributed by atoms with Crippen LogP contribution in [-0.2, 0) is 11.3 Å². The zero-order valence-electron chi connectivity index (χ0n) is 23.7. The molecule has 6 heteroatoms. The number of rotatable bonds is 8. The molecule has 0 spiro atoms. The molecule has 3 aromatic carbocycles. The average Bonchev–Trinajstić information content (AvgIpc) is 3.44. The van der Waals surface area contributed by atoms with Gasteiger partial charge in [-0.25, -0.2) is 4.79 Å². The molecule has 6 nitrogen and oxygen atoms in total. The van der Waals surface area contributed by atoms with Crippen molar-refractivity contribution in [2.45, 2.75) is 50.3 Å². The number of amides is 2. The molecule has 3 atom stereocenters. The highest BCUT2D eigenvalue weighted by Crippen LogP contribution is 2.42. The van der Waals surface area contributed by atoms with Crippen molar-refractivity contribution in [3.8, 4) is 0 Å². The molecule has 0 N–H and O–H groups in total. The second-order valence-corrected chi connectivity index (χ2v) is 11.4. The first-order valence-corrected chi connectivity index (χ1v) is 14.5. The minimum atomic E-state index is -0.254. The van der Waals surface area contributed by atoms with Gasteiger partial charge in [-0.05, 0) is 60.8 Å². The van der Waals surface area contributed by atoms with Crippen LogP contribution in [0.2, 0.25) is 0 Å². The predicted octanol–water partition coefficient (Wildman–Crippen LogP) is 6.05. The first kappa shape index (κ1) is 27.9. The summed E-state index contributed by atoms with van der Waals surface area (Å²) in [6.45, 7) is 3.23. The van der Waals surface area contributed by atoms with E-state index in [1.807, 2.05) is 79.7 Å². The molecule has 0 bridgehead atoms. The lowest BCUT2D eigenvalue weighted by molar-refractivity contribution is 0.0676. The van der Waals surface area contributed by atoms with Gasteiger partial charge in [0.1, 0.15) is 6.61 Å². The molecule has 2 amide bonds. The van der Waals surface area contributed by atoms with Crippen LogP contribution in [0, 0.1) is 5.92 Å². The second-order valence-electron chi connectivity index (χ2n) is 11.4. The minimum Gasteiger partial charge on any atom is -0.445 e. The molecule has 1 aliphatic carbocycles. The quantitative estimate of drug-likeness (QED) is 0.350. The van der Waals surface area contributed by atoms with E-state index in [-0.39, 0.29) is 24.1 Å². The van der Waals surface area contributed by atoms with Crippen molar-refractivity contribution in [1.29, 1.82) is 0 Å². The second kappa shape index (κ2) is 13.1. The highest BCUT2D eigenvalue weighted by Gasteiger charge is 2.39. The Morgan fingerprint density at radius 1 is 0.775 bits per heavy atom. The normalized spacial score (nSPS) is 21.6. The lowest BCUT2D eigenvalue weighted by atomic mass is 9.88. The largest absolute Gasteiger partial charge is 0.445 e.